The molecule has 0 radical (unpaired) electrons. The lowest BCUT2D eigenvalue weighted by Crippen LogP contribution is -2.36. The molecular weight excluding hydrogens is 172 g/mol. The van der Waals surface area contributed by atoms with Gasteiger partial charge in [-0.25, -0.2) is 0 Å². The first-order valence-electron chi connectivity index (χ1n) is 4.58. The van der Waals surface area contributed by atoms with Gasteiger partial charge in [-0.1, -0.05) is 0 Å². The van der Waals surface area contributed by atoms with E-state index < -0.39 is 0 Å². The molecule has 1 aliphatic heterocycles. The molecule has 1 heterocycles. The number of methoxy groups -OCH3 is 2. The Morgan fingerprint density at radius 2 is 2.08 bits per heavy atom. The lowest BCUT2D eigenvalue weighted by molar-refractivity contribution is -0.0518. The molecule has 0 aliphatic carbocycles. The van der Waals surface area contributed by atoms with Crippen molar-refractivity contribution >= 4 is 0 Å². The van der Waals surface area contributed by atoms with Crippen LogP contribution in [0.4, 0.5) is 0 Å². The summed E-state index contributed by atoms with van der Waals surface area (Å²) in [4.78, 5) is 0. The van der Waals surface area contributed by atoms with Gasteiger partial charge >= 0.3 is 0 Å². The van der Waals surface area contributed by atoms with E-state index in [9.17, 15) is 0 Å². The molecule has 2 unspecified atom stereocenters. The molecule has 0 amide bonds. The average molecular weight is 190 g/mol. The van der Waals surface area contributed by atoms with E-state index in [4.69, 9.17) is 18.9 Å². The summed E-state index contributed by atoms with van der Waals surface area (Å²) < 4.78 is 21.3. The Bertz CT molecular complexity index is 140. The van der Waals surface area contributed by atoms with E-state index in [1.807, 2.05) is 6.92 Å². The molecule has 0 saturated carbocycles. The van der Waals surface area contributed by atoms with Crippen molar-refractivity contribution in [1.29, 1.82) is 0 Å². The highest BCUT2D eigenvalue weighted by Gasteiger charge is 2.37. The molecule has 0 aromatic rings. The minimum atomic E-state index is -0.00319. The van der Waals surface area contributed by atoms with E-state index in [2.05, 4.69) is 0 Å². The van der Waals surface area contributed by atoms with Gasteiger partial charge in [0.1, 0.15) is 18.3 Å². The van der Waals surface area contributed by atoms with Gasteiger partial charge in [0.15, 0.2) is 0 Å². The number of rotatable bonds is 5. The maximum atomic E-state index is 5.49. The average Bonchev–Trinajstić information content (AvgIpc) is 2.56. The van der Waals surface area contributed by atoms with Crippen LogP contribution in [-0.2, 0) is 18.9 Å². The highest BCUT2D eigenvalue weighted by molar-refractivity contribution is 4.85. The van der Waals surface area contributed by atoms with Crippen LogP contribution in [0, 0.1) is 0 Å². The Labute approximate surface area is 79.1 Å². The van der Waals surface area contributed by atoms with Crippen molar-refractivity contribution in [3.8, 4) is 0 Å². The van der Waals surface area contributed by atoms with Crippen LogP contribution in [0.1, 0.15) is 6.92 Å². The van der Waals surface area contributed by atoms with Gasteiger partial charge in [0.2, 0.25) is 0 Å². The predicted octanol–water partition coefficient (Wildman–Crippen LogP) is 0.452. The van der Waals surface area contributed by atoms with Gasteiger partial charge in [0, 0.05) is 20.8 Å². The Morgan fingerprint density at radius 3 is 2.62 bits per heavy atom. The first kappa shape index (κ1) is 10.9. The maximum Gasteiger partial charge on any atom is 0.114 e. The second kappa shape index (κ2) is 5.54. The topological polar surface area (TPSA) is 36.9 Å². The molecule has 13 heavy (non-hydrogen) atoms. The molecule has 1 aliphatic rings. The van der Waals surface area contributed by atoms with Gasteiger partial charge in [-0.2, -0.15) is 0 Å². The zero-order valence-corrected chi connectivity index (χ0v) is 8.49. The van der Waals surface area contributed by atoms with Crippen molar-refractivity contribution in [3.05, 3.63) is 0 Å². The van der Waals surface area contributed by atoms with Crippen LogP contribution in [-0.4, -0.2) is 52.4 Å². The van der Waals surface area contributed by atoms with Crippen LogP contribution in [0.5, 0.6) is 0 Å². The van der Waals surface area contributed by atoms with E-state index in [1.54, 1.807) is 14.2 Å². The van der Waals surface area contributed by atoms with Crippen molar-refractivity contribution in [2.45, 2.75) is 25.2 Å². The first-order chi connectivity index (χ1) is 6.33. The smallest absolute Gasteiger partial charge is 0.114 e. The van der Waals surface area contributed by atoms with Crippen LogP contribution >= 0.6 is 0 Å². The van der Waals surface area contributed by atoms with Crippen molar-refractivity contribution < 1.29 is 18.9 Å². The molecule has 1 fully saturated rings. The van der Waals surface area contributed by atoms with Crippen LogP contribution < -0.4 is 0 Å². The summed E-state index contributed by atoms with van der Waals surface area (Å²) in [5, 5.41) is 0. The Kier molecular flexibility index (Phi) is 4.66. The molecule has 0 bridgehead atoms. The largest absolute Gasteiger partial charge is 0.379 e. The van der Waals surface area contributed by atoms with Crippen molar-refractivity contribution in [3.63, 3.8) is 0 Å². The number of ether oxygens (including phenoxy) is 4. The molecule has 4 nitrogen and oxygen atoms in total. The fourth-order valence-corrected chi connectivity index (χ4v) is 1.53. The third-order valence-corrected chi connectivity index (χ3v) is 2.27. The van der Waals surface area contributed by atoms with Crippen molar-refractivity contribution in [2.24, 2.45) is 0 Å². The fraction of sp³-hybridized carbons (Fsp3) is 1.00. The van der Waals surface area contributed by atoms with Crippen LogP contribution in [0.3, 0.4) is 0 Å². The third kappa shape index (κ3) is 2.64. The standard InChI is InChI=1S/C9H18O4/c1-4-12-5-8-9(11-3)7(10-2)6-13-8/h7-9H,4-6H2,1-3H3/t7?,8-,9?/m1/s1. The highest BCUT2D eigenvalue weighted by atomic mass is 16.6. The van der Waals surface area contributed by atoms with Gasteiger partial charge < -0.3 is 18.9 Å². The Morgan fingerprint density at radius 1 is 1.31 bits per heavy atom. The summed E-state index contributed by atoms with van der Waals surface area (Å²) >= 11 is 0. The van der Waals surface area contributed by atoms with Crippen LogP contribution in [0.2, 0.25) is 0 Å². The van der Waals surface area contributed by atoms with E-state index in [0.29, 0.717) is 19.8 Å². The Balaban J connectivity index is 2.37. The van der Waals surface area contributed by atoms with Crippen molar-refractivity contribution in [1.82, 2.24) is 0 Å². The summed E-state index contributed by atoms with van der Waals surface area (Å²) in [6, 6.07) is 0. The number of hydrogen-bond donors (Lipinski definition) is 0. The molecule has 0 aromatic carbocycles. The second-order valence-corrected chi connectivity index (χ2v) is 3.01. The summed E-state index contributed by atoms with van der Waals surface area (Å²) in [6.45, 7) is 3.83. The quantitative estimate of drug-likeness (QED) is 0.631. The molecule has 1 saturated heterocycles. The van der Waals surface area contributed by atoms with Gasteiger partial charge in [0.25, 0.3) is 0 Å². The van der Waals surface area contributed by atoms with Gasteiger partial charge in [-0.15, -0.1) is 0 Å². The first-order valence-corrected chi connectivity index (χ1v) is 4.58. The summed E-state index contributed by atoms with van der Waals surface area (Å²) in [6.07, 6.45) is 0.0434. The molecule has 4 heteroatoms. The monoisotopic (exact) mass is 190 g/mol. The maximum absolute atomic E-state index is 5.49. The minimum Gasteiger partial charge on any atom is -0.379 e. The van der Waals surface area contributed by atoms with Gasteiger partial charge in [-0.3, -0.25) is 0 Å². The number of hydrogen-bond acceptors (Lipinski definition) is 4. The second-order valence-electron chi connectivity index (χ2n) is 3.01. The SMILES string of the molecule is CCOC[C@H]1OCC(OC)C1OC. The van der Waals surface area contributed by atoms with Crippen LogP contribution in [0.15, 0.2) is 0 Å². The van der Waals surface area contributed by atoms with E-state index in [-0.39, 0.29) is 18.3 Å². The molecule has 78 valence electrons. The fourth-order valence-electron chi connectivity index (χ4n) is 1.53. The zero-order chi connectivity index (χ0) is 9.68. The van der Waals surface area contributed by atoms with Gasteiger partial charge in [-0.05, 0) is 6.92 Å². The van der Waals surface area contributed by atoms with E-state index in [0.717, 1.165) is 0 Å². The molecule has 1 rings (SSSR count). The molecule has 0 N–H and O–H groups in total. The van der Waals surface area contributed by atoms with E-state index >= 15 is 0 Å². The minimum absolute atomic E-state index is 0.00319. The summed E-state index contributed by atoms with van der Waals surface area (Å²) in [5.41, 5.74) is 0. The molecule has 0 spiro atoms. The van der Waals surface area contributed by atoms with E-state index in [1.165, 1.54) is 0 Å². The molecule has 3 atom stereocenters. The predicted molar refractivity (Wildman–Crippen MR) is 47.8 cm³/mol. The molecule has 0 aromatic heterocycles. The third-order valence-electron chi connectivity index (χ3n) is 2.27. The lowest BCUT2D eigenvalue weighted by atomic mass is 10.1. The summed E-state index contributed by atoms with van der Waals surface area (Å²) in [5.74, 6) is 0. The normalized spacial score (nSPS) is 33.9. The van der Waals surface area contributed by atoms with Crippen LogP contribution in [0.25, 0.3) is 0 Å². The Hall–Kier alpha value is -0.160. The summed E-state index contributed by atoms with van der Waals surface area (Å²) in [7, 11) is 3.34. The van der Waals surface area contributed by atoms with Gasteiger partial charge in [0.05, 0.1) is 13.2 Å². The zero-order valence-electron chi connectivity index (χ0n) is 8.49. The molecular formula is C9H18O4. The van der Waals surface area contributed by atoms with Crippen molar-refractivity contribution in [2.75, 3.05) is 34.0 Å². The lowest BCUT2D eigenvalue weighted by Gasteiger charge is -2.19. The highest BCUT2D eigenvalue weighted by Crippen LogP contribution is 2.19.